The molecular formula is C33H27N3O3S. The Labute approximate surface area is 232 Å². The van der Waals surface area contributed by atoms with E-state index in [9.17, 15) is 13.2 Å². The molecule has 0 bridgehead atoms. The molecule has 40 heavy (non-hydrogen) atoms. The molecule has 1 N–H and O–H groups in total. The van der Waals surface area contributed by atoms with Gasteiger partial charge in [-0.2, -0.15) is 0 Å². The molecule has 2 aromatic heterocycles. The van der Waals surface area contributed by atoms with Crippen molar-refractivity contribution in [2.75, 3.05) is 14.1 Å². The fourth-order valence-electron chi connectivity index (χ4n) is 5.10. The summed E-state index contributed by atoms with van der Waals surface area (Å²) in [5.74, 6) is -0.160. The molecule has 2 heterocycles. The molecule has 7 heteroatoms. The number of sulfone groups is 1. The van der Waals surface area contributed by atoms with Gasteiger partial charge in [0.2, 0.25) is 0 Å². The fraction of sp³-hybridized carbons (Fsp3) is 0.0909. The molecule has 1 amide bonds. The summed E-state index contributed by atoms with van der Waals surface area (Å²) in [5, 5.41) is 1.83. The highest BCUT2D eigenvalue weighted by molar-refractivity contribution is 7.90. The van der Waals surface area contributed by atoms with Gasteiger partial charge in [0.15, 0.2) is 9.84 Å². The summed E-state index contributed by atoms with van der Waals surface area (Å²) in [7, 11) is -0.0377. The van der Waals surface area contributed by atoms with Crippen LogP contribution in [-0.2, 0) is 15.6 Å². The molecule has 0 aliphatic carbocycles. The highest BCUT2D eigenvalue weighted by Crippen LogP contribution is 2.41. The average Bonchev–Trinajstić information content (AvgIpc) is 3.35. The van der Waals surface area contributed by atoms with E-state index in [1.165, 1.54) is 0 Å². The lowest BCUT2D eigenvalue weighted by Crippen LogP contribution is -2.21. The van der Waals surface area contributed by atoms with Crippen LogP contribution in [0.25, 0.3) is 44.2 Å². The maximum atomic E-state index is 13.1. The first-order valence-corrected chi connectivity index (χ1v) is 14.6. The van der Waals surface area contributed by atoms with Crippen LogP contribution in [0.2, 0.25) is 0 Å². The van der Waals surface area contributed by atoms with E-state index < -0.39 is 9.84 Å². The van der Waals surface area contributed by atoms with Gasteiger partial charge < -0.3 is 9.88 Å². The molecule has 6 aromatic rings. The molecule has 0 saturated heterocycles. The molecule has 0 saturated carbocycles. The minimum Gasteiger partial charge on any atom is -0.345 e. The number of amides is 1. The van der Waals surface area contributed by atoms with Crippen molar-refractivity contribution >= 4 is 37.7 Å². The van der Waals surface area contributed by atoms with Gasteiger partial charge in [0.1, 0.15) is 5.65 Å². The lowest BCUT2D eigenvalue weighted by molar-refractivity contribution is 0.0827. The lowest BCUT2D eigenvalue weighted by Gasteiger charge is -2.14. The Morgan fingerprint density at radius 2 is 1.50 bits per heavy atom. The zero-order chi connectivity index (χ0) is 27.9. The summed E-state index contributed by atoms with van der Waals surface area (Å²) in [4.78, 5) is 22.5. The van der Waals surface area contributed by atoms with Crippen LogP contribution < -0.4 is 0 Å². The normalized spacial score (nSPS) is 11.7. The van der Waals surface area contributed by atoms with Crippen LogP contribution in [0.4, 0.5) is 0 Å². The molecule has 0 spiro atoms. The molecule has 198 valence electrons. The van der Waals surface area contributed by atoms with Crippen molar-refractivity contribution in [1.82, 2.24) is 14.9 Å². The van der Waals surface area contributed by atoms with Crippen molar-refractivity contribution in [2.45, 2.75) is 10.6 Å². The second-order valence-electron chi connectivity index (χ2n) is 9.99. The highest BCUT2D eigenvalue weighted by Gasteiger charge is 2.20. The third kappa shape index (κ3) is 4.65. The van der Waals surface area contributed by atoms with Crippen molar-refractivity contribution in [2.24, 2.45) is 0 Å². The summed E-state index contributed by atoms with van der Waals surface area (Å²) in [6.07, 6.45) is 1.85. The van der Waals surface area contributed by atoms with E-state index in [0.29, 0.717) is 16.0 Å². The molecule has 0 aliphatic heterocycles. The first-order valence-electron chi connectivity index (χ1n) is 12.9. The van der Waals surface area contributed by atoms with Gasteiger partial charge in [-0.05, 0) is 53.1 Å². The van der Waals surface area contributed by atoms with Crippen LogP contribution in [0.5, 0.6) is 0 Å². The average molecular weight is 546 g/mol. The number of hydrogen-bond donors (Lipinski definition) is 1. The third-order valence-corrected chi connectivity index (χ3v) is 8.76. The van der Waals surface area contributed by atoms with E-state index in [2.05, 4.69) is 17.1 Å². The number of nitrogens with one attached hydrogen (secondary N) is 1. The van der Waals surface area contributed by atoms with E-state index >= 15 is 0 Å². The van der Waals surface area contributed by atoms with Crippen LogP contribution in [-0.4, -0.2) is 43.3 Å². The van der Waals surface area contributed by atoms with Crippen molar-refractivity contribution in [1.29, 1.82) is 0 Å². The predicted octanol–water partition coefficient (Wildman–Crippen LogP) is 6.73. The van der Waals surface area contributed by atoms with Crippen molar-refractivity contribution in [3.8, 4) is 22.3 Å². The lowest BCUT2D eigenvalue weighted by atomic mass is 9.92. The molecule has 0 atom stereocenters. The van der Waals surface area contributed by atoms with Crippen LogP contribution >= 0.6 is 0 Å². The summed E-state index contributed by atoms with van der Waals surface area (Å²) >= 11 is 0. The van der Waals surface area contributed by atoms with Gasteiger partial charge in [-0.25, -0.2) is 13.4 Å². The molecule has 6 rings (SSSR count). The predicted molar refractivity (Wildman–Crippen MR) is 160 cm³/mol. The Morgan fingerprint density at radius 1 is 0.825 bits per heavy atom. The number of nitrogens with zero attached hydrogens (tertiary/aromatic N) is 2. The van der Waals surface area contributed by atoms with Crippen LogP contribution in [0.3, 0.4) is 0 Å². The first-order chi connectivity index (χ1) is 19.3. The van der Waals surface area contributed by atoms with Gasteiger partial charge in [0.05, 0.1) is 10.6 Å². The zero-order valence-electron chi connectivity index (χ0n) is 22.1. The van der Waals surface area contributed by atoms with E-state index in [1.54, 1.807) is 49.3 Å². The Kier molecular flexibility index (Phi) is 6.44. The second-order valence-corrected chi connectivity index (χ2v) is 12.0. The molecule has 0 unspecified atom stereocenters. The number of rotatable bonds is 6. The highest BCUT2D eigenvalue weighted by atomic mass is 32.2. The van der Waals surface area contributed by atoms with E-state index in [4.69, 9.17) is 4.98 Å². The van der Waals surface area contributed by atoms with Crippen LogP contribution in [0.1, 0.15) is 15.9 Å². The fourth-order valence-corrected chi connectivity index (χ4v) is 6.45. The quantitative estimate of drug-likeness (QED) is 0.252. The molecule has 0 radical (unpaired) electrons. The number of fused-ring (bicyclic) bond motifs is 3. The first kappa shape index (κ1) is 25.5. The number of aromatic nitrogens is 2. The maximum absolute atomic E-state index is 13.1. The van der Waals surface area contributed by atoms with E-state index in [-0.39, 0.29) is 11.7 Å². The topological polar surface area (TPSA) is 83.1 Å². The maximum Gasteiger partial charge on any atom is 0.253 e. The number of pyridine rings is 1. The molecule has 0 fully saturated rings. The molecular weight excluding hydrogens is 518 g/mol. The monoisotopic (exact) mass is 545 g/mol. The van der Waals surface area contributed by atoms with Gasteiger partial charge in [-0.15, -0.1) is 0 Å². The number of hydrogen-bond acceptors (Lipinski definition) is 4. The summed E-state index contributed by atoms with van der Waals surface area (Å²) in [5.41, 5.74) is 6.78. The van der Waals surface area contributed by atoms with E-state index in [1.807, 2.05) is 66.9 Å². The number of carbonyl (C=O) groups excluding carboxylic acids is 1. The standard InChI is InChI=1S/C33H27N3O3S/c1-36(2)33(37)25-16-14-23(15-17-25)28-20-34-32-31(30(28)24-9-5-3-6-10-24)27-19-22(13-18-29(27)35-32)21-40(38,39)26-11-7-4-8-12-26/h3-20H,21H2,1-2H3,(H,34,35). The van der Waals surface area contributed by atoms with Gasteiger partial charge in [-0.3, -0.25) is 4.79 Å². The SMILES string of the molecule is CN(C)C(=O)c1ccc(-c2cnc3[nH]c4ccc(CS(=O)(=O)c5ccccc5)cc4c3c2-c2ccccc2)cc1. The smallest absolute Gasteiger partial charge is 0.253 e. The Hall–Kier alpha value is -4.75. The number of benzene rings is 4. The second kappa shape index (κ2) is 10.1. The Morgan fingerprint density at radius 3 is 2.17 bits per heavy atom. The van der Waals surface area contributed by atoms with Crippen LogP contribution in [0, 0.1) is 0 Å². The van der Waals surface area contributed by atoms with Crippen molar-refractivity contribution in [3.63, 3.8) is 0 Å². The van der Waals surface area contributed by atoms with Gasteiger partial charge >= 0.3 is 0 Å². The van der Waals surface area contributed by atoms with Crippen LogP contribution in [0.15, 0.2) is 114 Å². The van der Waals surface area contributed by atoms with Crippen molar-refractivity contribution < 1.29 is 13.2 Å². The number of H-pyrrole nitrogens is 1. The molecule has 0 aliphatic rings. The number of aromatic amines is 1. The molecule has 4 aromatic carbocycles. The summed E-state index contributed by atoms with van der Waals surface area (Å²) in [6, 6.07) is 31.9. The van der Waals surface area contributed by atoms with Gasteiger partial charge in [-0.1, -0.05) is 66.7 Å². The Balaban J connectivity index is 1.54. The minimum absolute atomic E-state index is 0.0574. The zero-order valence-corrected chi connectivity index (χ0v) is 22.9. The largest absolute Gasteiger partial charge is 0.345 e. The molecule has 6 nitrogen and oxygen atoms in total. The van der Waals surface area contributed by atoms with Gasteiger partial charge in [0.25, 0.3) is 5.91 Å². The third-order valence-electron chi connectivity index (χ3n) is 7.06. The summed E-state index contributed by atoms with van der Waals surface area (Å²) in [6.45, 7) is 0. The number of carbonyl (C=O) groups is 1. The van der Waals surface area contributed by atoms with Crippen molar-refractivity contribution in [3.05, 3.63) is 120 Å². The minimum atomic E-state index is -3.51. The Bertz CT molecular complexity index is 1960. The summed E-state index contributed by atoms with van der Waals surface area (Å²) < 4.78 is 26.3. The van der Waals surface area contributed by atoms with Gasteiger partial charge in [0, 0.05) is 53.3 Å². The van der Waals surface area contributed by atoms with E-state index in [0.717, 1.165) is 44.2 Å².